The molecule has 3 aliphatic rings. The van der Waals surface area contributed by atoms with Crippen LogP contribution in [0.15, 0.2) is 78.4 Å². The predicted octanol–water partition coefficient (Wildman–Crippen LogP) is 7.24. The highest BCUT2D eigenvalue weighted by Gasteiger charge is 2.35. The predicted molar refractivity (Wildman–Crippen MR) is 278 cm³/mol. The van der Waals surface area contributed by atoms with Crippen LogP contribution in [0.1, 0.15) is 110 Å². The molecule has 0 saturated carbocycles. The molecule has 7 atom stereocenters. The van der Waals surface area contributed by atoms with E-state index in [1.165, 1.54) is 17.1 Å². The summed E-state index contributed by atoms with van der Waals surface area (Å²) in [5.41, 5.74) is 4.82. The average molecular weight is 995 g/mol. The zero-order valence-corrected chi connectivity index (χ0v) is 44.1. The van der Waals surface area contributed by atoms with E-state index in [1.807, 2.05) is 114 Å². The number of nitrogens with zero attached hydrogens (tertiary/aromatic N) is 4. The summed E-state index contributed by atoms with van der Waals surface area (Å²) in [6.07, 6.45) is 9.21. The number of hydrogen-bond acceptors (Lipinski definition) is 11. The Kier molecular flexibility index (Phi) is 21.1. The molecule has 392 valence electrons. The number of aliphatic hydroxyl groups excluding tert-OH is 1. The number of carbonyl (C=O) groups is 7. The summed E-state index contributed by atoms with van der Waals surface area (Å²) >= 11 is 0. The molecule has 0 unspecified atom stereocenters. The first-order valence-electron chi connectivity index (χ1n) is 25.9. The number of unbranched alkanes of at least 4 members (excludes halogenated alkanes) is 2. The van der Waals surface area contributed by atoms with E-state index >= 15 is 0 Å². The first kappa shape index (κ1) is 57.0. The van der Waals surface area contributed by atoms with Gasteiger partial charge in [0.2, 0.25) is 5.91 Å². The summed E-state index contributed by atoms with van der Waals surface area (Å²) in [4.78, 5) is 94.8. The Morgan fingerprint density at radius 1 is 0.917 bits per heavy atom. The third-order valence-electron chi connectivity index (χ3n) is 14.4. The number of nitrogens with one attached hydrogen (secondary N) is 1. The lowest BCUT2D eigenvalue weighted by molar-refractivity contribution is -0.926. The van der Waals surface area contributed by atoms with Gasteiger partial charge in [-0.05, 0) is 86.3 Å². The molecule has 2 aromatic rings. The van der Waals surface area contributed by atoms with E-state index < -0.39 is 36.2 Å². The summed E-state index contributed by atoms with van der Waals surface area (Å²) < 4.78 is 13.0. The maximum atomic E-state index is 13.8. The fourth-order valence-corrected chi connectivity index (χ4v) is 9.52. The molecule has 72 heavy (non-hydrogen) atoms. The second-order valence-corrected chi connectivity index (χ2v) is 21.3. The van der Waals surface area contributed by atoms with Crippen LogP contribution in [-0.4, -0.2) is 139 Å². The molecule has 15 nitrogen and oxygen atoms in total. The number of Topliss-reactive ketones (excluding diaryl/α,β-unsaturated/α-hetero) is 2. The van der Waals surface area contributed by atoms with Crippen molar-refractivity contribution < 1.29 is 52.6 Å². The van der Waals surface area contributed by atoms with E-state index in [4.69, 9.17) is 9.47 Å². The Balaban J connectivity index is 1.09. The summed E-state index contributed by atoms with van der Waals surface area (Å²) in [5, 5.41) is 13.7. The van der Waals surface area contributed by atoms with Crippen LogP contribution in [0.2, 0.25) is 0 Å². The van der Waals surface area contributed by atoms with Crippen LogP contribution in [0.5, 0.6) is 0 Å². The number of ketones is 2. The Labute approximate surface area is 427 Å². The maximum absolute atomic E-state index is 13.8. The van der Waals surface area contributed by atoms with Crippen molar-refractivity contribution in [3.05, 3.63) is 95.1 Å². The van der Waals surface area contributed by atoms with Crippen LogP contribution in [-0.2, 0) is 51.2 Å². The number of benzene rings is 2. The maximum Gasteiger partial charge on any atom is 0.410 e. The molecule has 0 aliphatic carbocycles. The van der Waals surface area contributed by atoms with Gasteiger partial charge in [0.25, 0.3) is 11.8 Å². The molecule has 0 bridgehead atoms. The molecule has 0 aromatic heterocycles. The van der Waals surface area contributed by atoms with Crippen molar-refractivity contribution in [2.75, 3.05) is 58.8 Å². The van der Waals surface area contributed by atoms with Gasteiger partial charge in [0.05, 0.1) is 51.8 Å². The number of amides is 4. The number of imide groups is 1. The number of anilines is 1. The number of hydrogen-bond donors (Lipinski definition) is 2. The van der Waals surface area contributed by atoms with Crippen molar-refractivity contribution >= 4 is 53.1 Å². The quantitative estimate of drug-likeness (QED) is 0.0449. The molecular formula is C57H80N5O10+. The van der Waals surface area contributed by atoms with Gasteiger partial charge in [0, 0.05) is 75.1 Å². The second-order valence-electron chi connectivity index (χ2n) is 21.3. The number of quaternary nitrogens is 1. The van der Waals surface area contributed by atoms with E-state index in [0.29, 0.717) is 75.7 Å². The lowest BCUT2D eigenvalue weighted by Gasteiger charge is -2.42. The standard InChI is InChI=1S/C57H79N5O10/c1-38(2)49(35-47(63)16-11-10-12-27-61-52(66)25-26-53(61)67)56(69)58-42(6)50(65)34-43-19-21-44(22-20-43)37-62(9)30-28-60(29-31-62)57(70)71-51-24-18-40(4)55(72-54(68)36-48(64)23-17-39(51)3)41(5)32-45-14-13-15-46(33-45)59(7)8/h13-15,18-22,24-26,32-33,38-40,42,48-49,51,55,64H,10-12,16-17,23,27-31,34-37H2,1-9H3/p+1/b24-18+,41-32+/t39-,40-,42-,48+,49-,51-,55-/m0/s1. The minimum Gasteiger partial charge on any atom is -0.457 e. The SMILES string of the molecule is C/C(=C\c1cccc(N(C)C)c1)[C@H]1OC(=O)C[C@H](O)CC[C@H](C)[C@@H](OC(=O)N2CC[N+](C)(Cc3ccc(CC(=O)[C@H](C)NC(=O)[C@@H](CC(=O)CCCCCN4C(=O)C=CC4=O)C(C)C)cc3)CC2)/C=C/[C@@H]1C. The number of rotatable bonds is 20. The number of esters is 1. The van der Waals surface area contributed by atoms with Gasteiger partial charge in [-0.1, -0.05) is 82.7 Å². The lowest BCUT2D eigenvalue weighted by atomic mass is 9.88. The van der Waals surface area contributed by atoms with Gasteiger partial charge in [-0.15, -0.1) is 0 Å². The molecule has 5 rings (SSSR count). The largest absolute Gasteiger partial charge is 0.457 e. The van der Waals surface area contributed by atoms with Gasteiger partial charge < -0.3 is 29.3 Å². The van der Waals surface area contributed by atoms with Gasteiger partial charge in [0.15, 0.2) is 5.78 Å². The number of likely N-dealkylation sites (N-methyl/N-ethyl adjacent to an activating group) is 1. The van der Waals surface area contributed by atoms with Gasteiger partial charge >= 0.3 is 12.1 Å². The van der Waals surface area contributed by atoms with E-state index in [0.717, 1.165) is 34.5 Å². The van der Waals surface area contributed by atoms with Gasteiger partial charge in [-0.2, -0.15) is 0 Å². The highest BCUT2D eigenvalue weighted by Crippen LogP contribution is 2.28. The van der Waals surface area contributed by atoms with Crippen molar-refractivity contribution in [3.8, 4) is 0 Å². The van der Waals surface area contributed by atoms with Crippen molar-refractivity contribution in [3.63, 3.8) is 0 Å². The van der Waals surface area contributed by atoms with Gasteiger partial charge in [-0.3, -0.25) is 38.6 Å². The third kappa shape index (κ3) is 17.1. The molecule has 2 N–H and O–H groups in total. The highest BCUT2D eigenvalue weighted by molar-refractivity contribution is 6.12. The van der Waals surface area contributed by atoms with Crippen LogP contribution in [0.4, 0.5) is 10.5 Å². The van der Waals surface area contributed by atoms with Crippen LogP contribution in [0, 0.1) is 23.7 Å². The zero-order chi connectivity index (χ0) is 52.7. The minimum atomic E-state index is -0.881. The summed E-state index contributed by atoms with van der Waals surface area (Å²) in [7, 11) is 6.14. The Morgan fingerprint density at radius 3 is 2.24 bits per heavy atom. The number of piperazine rings is 1. The van der Waals surface area contributed by atoms with Gasteiger partial charge in [0.1, 0.15) is 24.5 Å². The first-order valence-corrected chi connectivity index (χ1v) is 25.9. The smallest absolute Gasteiger partial charge is 0.410 e. The molecule has 15 heteroatoms. The Bertz CT molecular complexity index is 2300. The number of carbonyl (C=O) groups excluding carboxylic acids is 7. The molecule has 4 amide bonds. The zero-order valence-electron chi connectivity index (χ0n) is 44.1. The fourth-order valence-electron chi connectivity index (χ4n) is 9.52. The monoisotopic (exact) mass is 995 g/mol. The number of cyclic esters (lactones) is 1. The molecule has 1 fully saturated rings. The van der Waals surface area contributed by atoms with Crippen molar-refractivity contribution in [2.24, 2.45) is 23.7 Å². The number of ether oxygens (including phenoxy) is 2. The topological polar surface area (TPSA) is 180 Å². The average Bonchev–Trinajstić information content (AvgIpc) is 3.65. The summed E-state index contributed by atoms with van der Waals surface area (Å²) in [6, 6.07) is 15.3. The normalized spacial score (nSPS) is 23.1. The van der Waals surface area contributed by atoms with Gasteiger partial charge in [-0.25, -0.2) is 4.79 Å². The van der Waals surface area contributed by atoms with E-state index in [-0.39, 0.29) is 72.4 Å². The summed E-state index contributed by atoms with van der Waals surface area (Å²) in [6.45, 7) is 14.9. The lowest BCUT2D eigenvalue weighted by Crippen LogP contribution is -2.58. The molecular weight excluding hydrogens is 915 g/mol. The van der Waals surface area contributed by atoms with Crippen molar-refractivity contribution in [1.82, 2.24) is 15.1 Å². The fraction of sp³-hybridized carbons (Fsp3) is 0.561. The molecule has 1 saturated heterocycles. The van der Waals surface area contributed by atoms with Crippen LogP contribution in [0.25, 0.3) is 6.08 Å². The Morgan fingerprint density at radius 2 is 1.58 bits per heavy atom. The molecule has 0 radical (unpaired) electrons. The molecule has 0 spiro atoms. The third-order valence-corrected chi connectivity index (χ3v) is 14.4. The Hall–Kier alpha value is -5.93. The van der Waals surface area contributed by atoms with E-state index in [2.05, 4.69) is 18.4 Å². The second kappa shape index (κ2) is 26.7. The molecule has 3 aliphatic heterocycles. The summed E-state index contributed by atoms with van der Waals surface area (Å²) in [5.74, 6) is -2.60. The van der Waals surface area contributed by atoms with E-state index in [1.54, 1.807) is 11.8 Å². The van der Waals surface area contributed by atoms with Crippen LogP contribution < -0.4 is 10.2 Å². The van der Waals surface area contributed by atoms with Crippen LogP contribution in [0.3, 0.4) is 0 Å². The highest BCUT2D eigenvalue weighted by atomic mass is 16.6. The van der Waals surface area contributed by atoms with Crippen molar-refractivity contribution in [1.29, 1.82) is 0 Å². The van der Waals surface area contributed by atoms with Crippen LogP contribution >= 0.6 is 0 Å². The molecule has 3 heterocycles. The molecule has 2 aromatic carbocycles. The van der Waals surface area contributed by atoms with Crippen molar-refractivity contribution in [2.45, 2.75) is 130 Å². The minimum absolute atomic E-state index is 0.0329. The number of aliphatic hydroxyl groups is 1. The van der Waals surface area contributed by atoms with E-state index in [9.17, 15) is 38.7 Å². The first-order chi connectivity index (χ1) is 34.1.